The Labute approximate surface area is 115 Å². The van der Waals surface area contributed by atoms with Crippen molar-refractivity contribution in [3.8, 4) is 0 Å². The third kappa shape index (κ3) is 3.37. The molecule has 3 nitrogen and oxygen atoms in total. The maximum atomic E-state index is 12.3. The first-order valence-electron chi connectivity index (χ1n) is 5.70. The summed E-state index contributed by atoms with van der Waals surface area (Å²) < 4.78 is 1.07. The molecule has 0 N–H and O–H groups in total. The number of piperazine rings is 1. The molecule has 2 rings (SSSR count). The van der Waals surface area contributed by atoms with Crippen LogP contribution in [-0.2, 0) is 11.2 Å². The highest BCUT2D eigenvalue weighted by molar-refractivity contribution is 9.10. The van der Waals surface area contributed by atoms with Crippen molar-refractivity contribution in [1.82, 2.24) is 9.80 Å². The molecule has 0 saturated carbocycles. The van der Waals surface area contributed by atoms with E-state index in [9.17, 15) is 4.79 Å². The molecule has 94 valence electrons. The normalized spacial score (nSPS) is 22.9. The molecular weight excluding hydrogens is 300 g/mol. The first-order valence-corrected chi connectivity index (χ1v) is 7.38. The fraction of sp³-hybridized carbons (Fsp3) is 0.583. The second kappa shape index (κ2) is 5.61. The van der Waals surface area contributed by atoms with E-state index in [1.54, 1.807) is 11.3 Å². The van der Waals surface area contributed by atoms with Gasteiger partial charge < -0.3 is 4.90 Å². The van der Waals surface area contributed by atoms with Gasteiger partial charge in [0.1, 0.15) is 0 Å². The zero-order valence-electron chi connectivity index (χ0n) is 10.1. The van der Waals surface area contributed by atoms with Crippen LogP contribution in [0.4, 0.5) is 0 Å². The largest absolute Gasteiger partial charge is 0.303 e. The van der Waals surface area contributed by atoms with E-state index in [-0.39, 0.29) is 6.04 Å². The molecule has 1 atom stereocenters. The van der Waals surface area contributed by atoms with Crippen molar-refractivity contribution >= 4 is 33.0 Å². The van der Waals surface area contributed by atoms with Crippen molar-refractivity contribution in [1.29, 1.82) is 0 Å². The molecule has 1 aromatic heterocycles. The molecule has 1 fully saturated rings. The molecule has 17 heavy (non-hydrogen) atoms. The van der Waals surface area contributed by atoms with E-state index < -0.39 is 0 Å². The minimum atomic E-state index is 0.0506. The van der Waals surface area contributed by atoms with Crippen LogP contribution < -0.4 is 0 Å². The van der Waals surface area contributed by atoms with Gasteiger partial charge in [-0.2, -0.15) is 0 Å². The van der Waals surface area contributed by atoms with Crippen LogP contribution in [0.2, 0.25) is 0 Å². The van der Waals surface area contributed by atoms with Crippen LogP contribution in [0.1, 0.15) is 4.88 Å². The molecule has 0 radical (unpaired) electrons. The van der Waals surface area contributed by atoms with Gasteiger partial charge >= 0.3 is 0 Å². The fourth-order valence-electron chi connectivity index (χ4n) is 2.09. The average Bonchev–Trinajstić information content (AvgIpc) is 2.67. The van der Waals surface area contributed by atoms with Gasteiger partial charge in [0.25, 0.3) is 0 Å². The summed E-state index contributed by atoms with van der Waals surface area (Å²) in [5, 5.41) is 2.03. The van der Waals surface area contributed by atoms with Gasteiger partial charge in [0.15, 0.2) is 5.78 Å². The molecule has 0 spiro atoms. The Bertz CT molecular complexity index is 407. The lowest BCUT2D eigenvalue weighted by Gasteiger charge is -2.36. The summed E-state index contributed by atoms with van der Waals surface area (Å²) in [5.74, 6) is 0.327. The number of rotatable bonds is 3. The standard InChI is InChI=1S/C12H17BrN2OS/c1-14-3-4-15(2)11(7-14)12(16)6-10-5-9(13)8-17-10/h5,8,11H,3-4,6-7H2,1-2H3. The highest BCUT2D eigenvalue weighted by Gasteiger charge is 2.28. The molecule has 1 aliphatic rings. The molecule has 1 aromatic rings. The van der Waals surface area contributed by atoms with Crippen molar-refractivity contribution in [2.45, 2.75) is 12.5 Å². The van der Waals surface area contributed by atoms with Crippen LogP contribution in [0, 0.1) is 0 Å². The van der Waals surface area contributed by atoms with E-state index in [0.717, 1.165) is 29.0 Å². The second-order valence-corrected chi connectivity index (χ2v) is 6.54. The van der Waals surface area contributed by atoms with Gasteiger partial charge in [-0.1, -0.05) is 0 Å². The predicted molar refractivity (Wildman–Crippen MR) is 74.6 cm³/mol. The molecule has 0 aliphatic carbocycles. The predicted octanol–water partition coefficient (Wildman–Crippen LogP) is 1.87. The van der Waals surface area contributed by atoms with Crippen molar-refractivity contribution < 1.29 is 4.79 Å². The lowest BCUT2D eigenvalue weighted by Crippen LogP contribution is -2.53. The number of hydrogen-bond acceptors (Lipinski definition) is 4. The van der Waals surface area contributed by atoms with Crippen LogP contribution in [-0.4, -0.2) is 55.4 Å². The first-order chi connectivity index (χ1) is 8.06. The quantitative estimate of drug-likeness (QED) is 0.850. The van der Waals surface area contributed by atoms with Gasteiger partial charge in [-0.05, 0) is 36.1 Å². The molecule has 1 aliphatic heterocycles. The number of nitrogens with zero attached hydrogens (tertiary/aromatic N) is 2. The third-order valence-electron chi connectivity index (χ3n) is 3.19. The van der Waals surface area contributed by atoms with Gasteiger partial charge in [0, 0.05) is 40.8 Å². The van der Waals surface area contributed by atoms with Gasteiger partial charge in [0.05, 0.1) is 6.04 Å². The lowest BCUT2D eigenvalue weighted by molar-refractivity contribution is -0.125. The number of carbonyl (C=O) groups excluding carboxylic acids is 1. The number of carbonyl (C=O) groups is 1. The Balaban J connectivity index is 1.99. The summed E-state index contributed by atoms with van der Waals surface area (Å²) in [4.78, 5) is 17.8. The molecule has 0 amide bonds. The summed E-state index contributed by atoms with van der Waals surface area (Å²) in [6, 6.07) is 2.09. The van der Waals surface area contributed by atoms with Crippen molar-refractivity contribution in [2.24, 2.45) is 0 Å². The SMILES string of the molecule is CN1CCN(C)C(C(=O)Cc2cc(Br)cs2)C1. The molecule has 0 aromatic carbocycles. The van der Waals surface area contributed by atoms with Gasteiger partial charge in [-0.3, -0.25) is 9.69 Å². The molecule has 1 saturated heterocycles. The highest BCUT2D eigenvalue weighted by Crippen LogP contribution is 2.21. The third-order valence-corrected chi connectivity index (χ3v) is 4.89. The number of halogens is 1. The van der Waals surface area contributed by atoms with Crippen LogP contribution >= 0.6 is 27.3 Å². The Hall–Kier alpha value is -0.230. The van der Waals surface area contributed by atoms with E-state index in [1.165, 1.54) is 0 Å². The van der Waals surface area contributed by atoms with E-state index >= 15 is 0 Å². The van der Waals surface area contributed by atoms with Gasteiger partial charge in [-0.15, -0.1) is 11.3 Å². The van der Waals surface area contributed by atoms with Crippen LogP contribution in [0.15, 0.2) is 15.9 Å². The maximum Gasteiger partial charge on any atom is 0.156 e. The molecule has 1 unspecified atom stereocenters. The number of thiophene rings is 1. The minimum absolute atomic E-state index is 0.0506. The number of likely N-dealkylation sites (N-methyl/N-ethyl adjacent to an activating group) is 2. The van der Waals surface area contributed by atoms with Crippen molar-refractivity contribution in [3.05, 3.63) is 20.8 Å². The average molecular weight is 317 g/mol. The van der Waals surface area contributed by atoms with Gasteiger partial charge in [0.2, 0.25) is 0 Å². The Morgan fingerprint density at radius 2 is 2.29 bits per heavy atom. The highest BCUT2D eigenvalue weighted by atomic mass is 79.9. The minimum Gasteiger partial charge on any atom is -0.303 e. The zero-order chi connectivity index (χ0) is 12.4. The zero-order valence-corrected chi connectivity index (χ0v) is 12.6. The number of Topliss-reactive ketones (excluding diaryl/α,β-unsaturated/α-hetero) is 1. The second-order valence-electron chi connectivity index (χ2n) is 4.63. The van der Waals surface area contributed by atoms with Crippen LogP contribution in [0.25, 0.3) is 0 Å². The molecule has 2 heterocycles. The molecule has 0 bridgehead atoms. The van der Waals surface area contributed by atoms with Gasteiger partial charge in [-0.25, -0.2) is 0 Å². The van der Waals surface area contributed by atoms with E-state index in [4.69, 9.17) is 0 Å². The Morgan fingerprint density at radius 3 is 2.94 bits per heavy atom. The van der Waals surface area contributed by atoms with Crippen LogP contribution in [0.5, 0.6) is 0 Å². The lowest BCUT2D eigenvalue weighted by atomic mass is 10.1. The topological polar surface area (TPSA) is 23.6 Å². The Morgan fingerprint density at radius 1 is 1.53 bits per heavy atom. The summed E-state index contributed by atoms with van der Waals surface area (Å²) in [7, 11) is 4.12. The van der Waals surface area contributed by atoms with Crippen molar-refractivity contribution in [2.75, 3.05) is 33.7 Å². The van der Waals surface area contributed by atoms with Crippen LogP contribution in [0.3, 0.4) is 0 Å². The van der Waals surface area contributed by atoms with E-state index in [2.05, 4.69) is 32.8 Å². The van der Waals surface area contributed by atoms with E-state index in [0.29, 0.717) is 12.2 Å². The summed E-state index contributed by atoms with van der Waals surface area (Å²) in [6.45, 7) is 2.87. The maximum absolute atomic E-state index is 12.3. The number of ketones is 1. The summed E-state index contributed by atoms with van der Waals surface area (Å²) >= 11 is 5.06. The summed E-state index contributed by atoms with van der Waals surface area (Å²) in [6.07, 6.45) is 0.555. The number of hydrogen-bond donors (Lipinski definition) is 0. The fourth-order valence-corrected chi connectivity index (χ4v) is 3.55. The van der Waals surface area contributed by atoms with E-state index in [1.807, 2.05) is 18.5 Å². The summed E-state index contributed by atoms with van der Waals surface area (Å²) in [5.41, 5.74) is 0. The first kappa shape index (κ1) is 13.2. The molecule has 5 heteroatoms. The Kier molecular flexibility index (Phi) is 4.36. The molecular formula is C12H17BrN2OS. The monoisotopic (exact) mass is 316 g/mol. The van der Waals surface area contributed by atoms with Crippen molar-refractivity contribution in [3.63, 3.8) is 0 Å². The smallest absolute Gasteiger partial charge is 0.156 e.